The predicted molar refractivity (Wildman–Crippen MR) is 107 cm³/mol. The summed E-state index contributed by atoms with van der Waals surface area (Å²) in [5.41, 5.74) is 2.32. The second-order valence-electron chi connectivity index (χ2n) is 6.65. The van der Waals surface area contributed by atoms with Crippen molar-refractivity contribution in [2.45, 2.75) is 25.3 Å². The highest BCUT2D eigenvalue weighted by Gasteiger charge is 2.30. The van der Waals surface area contributed by atoms with E-state index in [0.717, 1.165) is 21.2 Å². The molecule has 1 aliphatic heterocycles. The molecule has 0 saturated heterocycles. The van der Waals surface area contributed by atoms with E-state index >= 15 is 0 Å². The molecule has 0 fully saturated rings. The molecule has 2 aromatic heterocycles. The van der Waals surface area contributed by atoms with Gasteiger partial charge in [-0.1, -0.05) is 12.1 Å². The molecule has 1 aliphatic rings. The number of imidazole rings is 1. The number of carbonyl (C=O) groups excluding carboxylic acids is 1. The molecule has 1 N–H and O–H groups in total. The Hall–Kier alpha value is -2.72. The zero-order chi connectivity index (χ0) is 20.1. The highest BCUT2D eigenvalue weighted by molar-refractivity contribution is 7.90. The summed E-state index contributed by atoms with van der Waals surface area (Å²) in [5, 5.41) is 0. The molecule has 10 heteroatoms. The topological polar surface area (TPSA) is 96.1 Å². The fraction of sp³-hybridized carbons (Fsp3) is 0.278. The maximum atomic E-state index is 12.6. The van der Waals surface area contributed by atoms with Gasteiger partial charge in [-0.25, -0.2) is 13.4 Å². The largest absolute Gasteiger partial charge is 0.338 e. The molecule has 3 heterocycles. The van der Waals surface area contributed by atoms with Crippen LogP contribution in [0.4, 0.5) is 0 Å². The molecule has 0 aliphatic carbocycles. The van der Waals surface area contributed by atoms with Crippen molar-refractivity contribution in [1.82, 2.24) is 19.0 Å². The van der Waals surface area contributed by atoms with Gasteiger partial charge < -0.3 is 4.90 Å². The molecular weight excluding hydrogens is 398 g/mol. The predicted octanol–water partition coefficient (Wildman–Crippen LogP) is 1.71. The Labute approximate surface area is 166 Å². The van der Waals surface area contributed by atoms with Crippen LogP contribution in [0, 0.1) is 13.8 Å². The van der Waals surface area contributed by atoms with Gasteiger partial charge in [0.2, 0.25) is 5.91 Å². The zero-order valence-corrected chi connectivity index (χ0v) is 17.3. The average molecular weight is 418 g/mol. The molecule has 0 spiro atoms. The minimum Gasteiger partial charge on any atom is -0.338 e. The van der Waals surface area contributed by atoms with Crippen LogP contribution in [0.2, 0.25) is 0 Å². The fourth-order valence-electron chi connectivity index (χ4n) is 3.13. The summed E-state index contributed by atoms with van der Waals surface area (Å²) in [4.78, 5) is 25.1. The van der Waals surface area contributed by atoms with Gasteiger partial charge in [-0.2, -0.15) is 0 Å². The maximum absolute atomic E-state index is 12.6. The molecule has 0 radical (unpaired) electrons. The van der Waals surface area contributed by atoms with Gasteiger partial charge in [-0.15, -0.1) is 11.3 Å². The van der Waals surface area contributed by atoms with Crippen molar-refractivity contribution in [3.8, 4) is 0 Å². The number of carbonyl (C=O) groups is 1. The van der Waals surface area contributed by atoms with Gasteiger partial charge in [0.15, 0.2) is 4.96 Å². The second kappa shape index (κ2) is 6.71. The first-order valence-electron chi connectivity index (χ1n) is 8.61. The highest BCUT2D eigenvalue weighted by Crippen LogP contribution is 2.23. The van der Waals surface area contributed by atoms with Gasteiger partial charge in [0, 0.05) is 23.7 Å². The summed E-state index contributed by atoms with van der Waals surface area (Å²) < 4.78 is 28.7. The van der Waals surface area contributed by atoms with Crippen LogP contribution in [0.1, 0.15) is 21.8 Å². The third-order valence-electron chi connectivity index (χ3n) is 4.59. The lowest BCUT2D eigenvalue weighted by atomic mass is 10.2. The molecule has 0 saturated carbocycles. The lowest BCUT2D eigenvalue weighted by Crippen LogP contribution is -2.30. The average Bonchev–Trinajstić information content (AvgIpc) is 3.23. The number of aryl methyl sites for hydroxylation is 2. The zero-order valence-electron chi connectivity index (χ0n) is 15.6. The van der Waals surface area contributed by atoms with Crippen molar-refractivity contribution in [3.05, 3.63) is 52.3 Å². The Morgan fingerprint density at radius 1 is 1.32 bits per heavy atom. The number of nitrogens with one attached hydrogen (secondary N) is 1. The fourth-order valence-corrected chi connectivity index (χ4v) is 5.27. The van der Waals surface area contributed by atoms with Gasteiger partial charge in [0.25, 0.3) is 10.0 Å². The number of benzene rings is 1. The Bertz CT molecular complexity index is 1220. The summed E-state index contributed by atoms with van der Waals surface area (Å²) in [6, 6.07) is 6.58. The summed E-state index contributed by atoms with van der Waals surface area (Å²) in [6.07, 6.45) is 2.01. The Balaban J connectivity index is 1.51. The summed E-state index contributed by atoms with van der Waals surface area (Å²) in [5.74, 6) is -0.00823. The summed E-state index contributed by atoms with van der Waals surface area (Å²) >= 11 is 1.60. The first-order chi connectivity index (χ1) is 13.3. The molecular formula is C18H19N5O3S2. The van der Waals surface area contributed by atoms with E-state index in [9.17, 15) is 13.2 Å². The van der Waals surface area contributed by atoms with Crippen molar-refractivity contribution < 1.29 is 13.2 Å². The summed E-state index contributed by atoms with van der Waals surface area (Å²) in [7, 11) is -1.91. The van der Waals surface area contributed by atoms with Crippen molar-refractivity contribution >= 4 is 38.1 Å². The Morgan fingerprint density at radius 3 is 2.86 bits per heavy atom. The minimum absolute atomic E-state index is 0.146. The van der Waals surface area contributed by atoms with Gasteiger partial charge >= 0.3 is 0 Å². The highest BCUT2D eigenvalue weighted by atomic mass is 32.2. The number of fused-ring (bicyclic) bond motifs is 2. The van der Waals surface area contributed by atoms with Crippen LogP contribution in [0.3, 0.4) is 0 Å². The standard InChI is InChI=1S/C18H19N5O3S2/c1-11-9-23-14(12(2)20-18(23)27-11)10-22(3)16(24)8-19-17-13-6-4-5-7-15(13)28(25,26)21-17/h4-7,9H,8,10H2,1-3H3,(H,19,21). The first kappa shape index (κ1) is 18.6. The number of amides is 1. The molecule has 1 aromatic carbocycles. The van der Waals surface area contributed by atoms with Crippen LogP contribution in [-0.2, 0) is 21.4 Å². The molecule has 0 bridgehead atoms. The molecule has 3 aromatic rings. The van der Waals surface area contributed by atoms with E-state index in [0.29, 0.717) is 12.1 Å². The lowest BCUT2D eigenvalue weighted by Gasteiger charge is -2.16. The van der Waals surface area contributed by atoms with Gasteiger partial charge in [0.05, 0.1) is 22.8 Å². The van der Waals surface area contributed by atoms with Crippen LogP contribution in [0.15, 0.2) is 40.4 Å². The first-order valence-corrected chi connectivity index (χ1v) is 10.9. The van der Waals surface area contributed by atoms with E-state index in [-0.39, 0.29) is 23.2 Å². The van der Waals surface area contributed by atoms with E-state index in [2.05, 4.69) is 14.7 Å². The summed E-state index contributed by atoms with van der Waals surface area (Å²) in [6.45, 7) is 4.19. The van der Waals surface area contributed by atoms with Crippen molar-refractivity contribution in [3.63, 3.8) is 0 Å². The van der Waals surface area contributed by atoms with E-state index in [1.807, 2.05) is 24.4 Å². The number of aromatic nitrogens is 2. The SMILES string of the molecule is Cc1cn2c(CN(C)C(=O)CN=C3NS(=O)(=O)c4ccccc43)c(C)nc2s1. The third-order valence-corrected chi connectivity index (χ3v) is 6.88. The number of amidine groups is 1. The van der Waals surface area contributed by atoms with Crippen molar-refractivity contribution in [1.29, 1.82) is 0 Å². The molecule has 146 valence electrons. The van der Waals surface area contributed by atoms with Crippen LogP contribution >= 0.6 is 11.3 Å². The second-order valence-corrected chi connectivity index (χ2v) is 9.52. The minimum atomic E-state index is -3.61. The normalized spacial score (nSPS) is 16.3. The third kappa shape index (κ3) is 3.18. The number of thiazole rings is 1. The van der Waals surface area contributed by atoms with Gasteiger partial charge in [-0.3, -0.25) is 18.9 Å². The van der Waals surface area contributed by atoms with Crippen molar-refractivity contribution in [2.24, 2.45) is 4.99 Å². The number of nitrogens with zero attached hydrogens (tertiary/aromatic N) is 4. The van der Waals surface area contributed by atoms with Gasteiger partial charge in [0.1, 0.15) is 12.4 Å². The molecule has 28 heavy (non-hydrogen) atoms. The number of hydrogen-bond acceptors (Lipinski definition) is 6. The Morgan fingerprint density at radius 2 is 2.07 bits per heavy atom. The molecule has 1 amide bonds. The number of likely N-dealkylation sites (N-methyl/N-ethyl adjacent to an activating group) is 1. The van der Waals surface area contributed by atoms with Crippen LogP contribution in [0.25, 0.3) is 4.96 Å². The van der Waals surface area contributed by atoms with Crippen LogP contribution in [-0.4, -0.2) is 48.0 Å². The smallest absolute Gasteiger partial charge is 0.263 e. The Kier molecular flexibility index (Phi) is 4.47. The molecule has 0 unspecified atom stereocenters. The van der Waals surface area contributed by atoms with E-state index < -0.39 is 10.0 Å². The molecule has 4 rings (SSSR count). The van der Waals surface area contributed by atoms with E-state index in [1.54, 1.807) is 41.5 Å². The quantitative estimate of drug-likeness (QED) is 0.699. The van der Waals surface area contributed by atoms with E-state index in [1.165, 1.54) is 6.07 Å². The maximum Gasteiger partial charge on any atom is 0.263 e. The number of rotatable bonds is 4. The van der Waals surface area contributed by atoms with Crippen LogP contribution in [0.5, 0.6) is 0 Å². The van der Waals surface area contributed by atoms with Crippen molar-refractivity contribution in [2.75, 3.05) is 13.6 Å². The van der Waals surface area contributed by atoms with Gasteiger partial charge in [-0.05, 0) is 26.0 Å². The number of sulfonamides is 1. The van der Waals surface area contributed by atoms with E-state index in [4.69, 9.17) is 0 Å². The number of aliphatic imine (C=N–C) groups is 1. The monoisotopic (exact) mass is 417 g/mol. The van der Waals surface area contributed by atoms with Crippen LogP contribution < -0.4 is 4.72 Å². The number of hydrogen-bond donors (Lipinski definition) is 1. The molecule has 8 nitrogen and oxygen atoms in total. The molecule has 0 atom stereocenters. The lowest BCUT2D eigenvalue weighted by molar-refractivity contribution is -0.128.